The van der Waals surface area contributed by atoms with Gasteiger partial charge in [0.05, 0.1) is 6.54 Å². The number of nitrogen functional groups attached to an aromatic ring is 1. The van der Waals surface area contributed by atoms with Crippen LogP contribution in [0.4, 0.5) is 11.6 Å². The Bertz CT molecular complexity index is 474. The molecule has 1 heterocycles. The summed E-state index contributed by atoms with van der Waals surface area (Å²) in [6, 6.07) is 2.11. The van der Waals surface area contributed by atoms with Gasteiger partial charge in [-0.15, -0.1) is 0 Å². The SMILES string of the molecule is CCCc1nc(NN)cc(N(C)CC(=O)NC2CC2)n1. The van der Waals surface area contributed by atoms with E-state index in [0.717, 1.165) is 31.5 Å². The summed E-state index contributed by atoms with van der Waals surface area (Å²) >= 11 is 0. The van der Waals surface area contributed by atoms with E-state index in [9.17, 15) is 4.79 Å². The van der Waals surface area contributed by atoms with Crippen molar-refractivity contribution >= 4 is 17.5 Å². The highest BCUT2D eigenvalue weighted by Crippen LogP contribution is 2.19. The Morgan fingerprint density at radius 3 is 2.85 bits per heavy atom. The standard InChI is InChI=1S/C13H22N6O/c1-3-4-10-16-11(18-14)7-12(17-10)19(2)8-13(20)15-9-5-6-9/h7,9H,3-6,8,14H2,1-2H3,(H,15,20)(H,16,17,18). The first-order valence-electron chi connectivity index (χ1n) is 6.97. The lowest BCUT2D eigenvalue weighted by molar-refractivity contribution is -0.119. The van der Waals surface area contributed by atoms with Crippen molar-refractivity contribution in [2.45, 2.75) is 38.6 Å². The van der Waals surface area contributed by atoms with E-state index < -0.39 is 0 Å². The predicted molar refractivity (Wildman–Crippen MR) is 78.3 cm³/mol. The first kappa shape index (κ1) is 14.5. The number of hydrazine groups is 1. The molecule has 1 aromatic rings. The minimum absolute atomic E-state index is 0.0212. The highest BCUT2D eigenvalue weighted by Gasteiger charge is 2.23. The molecule has 0 aromatic carbocycles. The van der Waals surface area contributed by atoms with Crippen LogP contribution in [0.3, 0.4) is 0 Å². The zero-order valence-electron chi connectivity index (χ0n) is 12.0. The number of likely N-dealkylation sites (N-methyl/N-ethyl adjacent to an activating group) is 1. The van der Waals surface area contributed by atoms with E-state index in [1.165, 1.54) is 0 Å². The average molecular weight is 278 g/mol. The molecule has 1 aliphatic rings. The van der Waals surface area contributed by atoms with Crippen LogP contribution in [0.2, 0.25) is 0 Å². The van der Waals surface area contributed by atoms with Crippen LogP contribution in [0.25, 0.3) is 0 Å². The van der Waals surface area contributed by atoms with Crippen LogP contribution in [0.15, 0.2) is 6.07 Å². The van der Waals surface area contributed by atoms with Gasteiger partial charge in [-0.05, 0) is 19.3 Å². The maximum absolute atomic E-state index is 11.8. The fourth-order valence-electron chi connectivity index (χ4n) is 1.89. The molecular formula is C13H22N6O. The molecule has 20 heavy (non-hydrogen) atoms. The van der Waals surface area contributed by atoms with Crippen molar-refractivity contribution in [3.63, 3.8) is 0 Å². The Morgan fingerprint density at radius 2 is 2.25 bits per heavy atom. The van der Waals surface area contributed by atoms with Gasteiger partial charge >= 0.3 is 0 Å². The molecule has 0 spiro atoms. The molecule has 0 radical (unpaired) electrons. The van der Waals surface area contributed by atoms with Crippen LogP contribution in [-0.2, 0) is 11.2 Å². The highest BCUT2D eigenvalue weighted by molar-refractivity contribution is 5.81. The van der Waals surface area contributed by atoms with Crippen LogP contribution >= 0.6 is 0 Å². The lowest BCUT2D eigenvalue weighted by Crippen LogP contribution is -2.36. The van der Waals surface area contributed by atoms with Crippen molar-refractivity contribution in [3.05, 3.63) is 11.9 Å². The van der Waals surface area contributed by atoms with Gasteiger partial charge in [0.1, 0.15) is 17.5 Å². The summed E-state index contributed by atoms with van der Waals surface area (Å²) in [6.45, 7) is 2.35. The molecule has 0 bridgehead atoms. The van der Waals surface area contributed by atoms with Crippen LogP contribution in [0.5, 0.6) is 0 Å². The molecule has 1 aliphatic carbocycles. The van der Waals surface area contributed by atoms with Gasteiger partial charge in [-0.25, -0.2) is 15.8 Å². The minimum atomic E-state index is 0.0212. The number of rotatable bonds is 7. The number of amides is 1. The van der Waals surface area contributed by atoms with Gasteiger partial charge in [-0.1, -0.05) is 6.92 Å². The van der Waals surface area contributed by atoms with Gasteiger partial charge in [0, 0.05) is 25.6 Å². The van der Waals surface area contributed by atoms with E-state index in [1.54, 1.807) is 11.0 Å². The Morgan fingerprint density at radius 1 is 1.50 bits per heavy atom. The maximum atomic E-state index is 11.8. The Labute approximate surface area is 118 Å². The molecular weight excluding hydrogens is 256 g/mol. The first-order valence-corrected chi connectivity index (χ1v) is 6.97. The number of carbonyl (C=O) groups excluding carboxylic acids is 1. The van der Waals surface area contributed by atoms with Crippen molar-refractivity contribution in [2.75, 3.05) is 23.9 Å². The number of anilines is 2. The molecule has 110 valence electrons. The average Bonchev–Trinajstić information content (AvgIpc) is 3.22. The summed E-state index contributed by atoms with van der Waals surface area (Å²) in [5, 5.41) is 2.96. The Kier molecular flexibility index (Phi) is 4.73. The quantitative estimate of drug-likeness (QED) is 0.494. The molecule has 1 aromatic heterocycles. The first-order chi connectivity index (χ1) is 9.62. The second kappa shape index (κ2) is 6.51. The topological polar surface area (TPSA) is 96.2 Å². The van der Waals surface area contributed by atoms with Gasteiger partial charge in [0.15, 0.2) is 0 Å². The lowest BCUT2D eigenvalue weighted by Gasteiger charge is -2.19. The maximum Gasteiger partial charge on any atom is 0.239 e. The predicted octanol–water partition coefficient (Wildman–Crippen LogP) is 0.430. The minimum Gasteiger partial charge on any atom is -0.352 e. The third-order valence-electron chi connectivity index (χ3n) is 3.09. The number of nitrogens with zero attached hydrogens (tertiary/aromatic N) is 3. The van der Waals surface area contributed by atoms with Crippen molar-refractivity contribution in [1.29, 1.82) is 0 Å². The molecule has 4 N–H and O–H groups in total. The number of nitrogens with two attached hydrogens (primary N) is 1. The molecule has 7 nitrogen and oxygen atoms in total. The molecule has 0 atom stereocenters. The molecule has 7 heteroatoms. The number of aryl methyl sites for hydroxylation is 1. The van der Waals surface area contributed by atoms with Gasteiger partial charge in [-0.3, -0.25) is 4.79 Å². The normalized spacial score (nSPS) is 13.9. The van der Waals surface area contributed by atoms with Crippen molar-refractivity contribution in [1.82, 2.24) is 15.3 Å². The summed E-state index contributed by atoms with van der Waals surface area (Å²) in [5.41, 5.74) is 2.54. The number of hydrogen-bond donors (Lipinski definition) is 3. The van der Waals surface area contributed by atoms with Gasteiger partial charge < -0.3 is 15.6 Å². The van der Waals surface area contributed by atoms with E-state index in [2.05, 4.69) is 27.6 Å². The van der Waals surface area contributed by atoms with E-state index in [0.29, 0.717) is 17.7 Å². The molecule has 0 unspecified atom stereocenters. The van der Waals surface area contributed by atoms with Crippen LogP contribution in [0.1, 0.15) is 32.0 Å². The van der Waals surface area contributed by atoms with E-state index in [1.807, 2.05) is 7.05 Å². The van der Waals surface area contributed by atoms with E-state index in [-0.39, 0.29) is 12.5 Å². The van der Waals surface area contributed by atoms with Crippen LogP contribution in [-0.4, -0.2) is 35.5 Å². The van der Waals surface area contributed by atoms with E-state index >= 15 is 0 Å². The largest absolute Gasteiger partial charge is 0.352 e. The van der Waals surface area contributed by atoms with Crippen molar-refractivity contribution in [3.8, 4) is 0 Å². The number of carbonyl (C=O) groups is 1. The van der Waals surface area contributed by atoms with Crippen LogP contribution in [0, 0.1) is 0 Å². The third-order valence-corrected chi connectivity index (χ3v) is 3.09. The zero-order chi connectivity index (χ0) is 14.5. The highest BCUT2D eigenvalue weighted by atomic mass is 16.2. The summed E-state index contributed by atoms with van der Waals surface area (Å²) in [7, 11) is 1.84. The van der Waals surface area contributed by atoms with Gasteiger partial charge in [0.25, 0.3) is 0 Å². The summed E-state index contributed by atoms with van der Waals surface area (Å²) in [6.07, 6.45) is 3.92. The molecule has 1 amide bonds. The molecule has 2 rings (SSSR count). The van der Waals surface area contributed by atoms with Gasteiger partial charge in [-0.2, -0.15) is 0 Å². The zero-order valence-corrected chi connectivity index (χ0v) is 12.0. The molecule has 0 saturated heterocycles. The fourth-order valence-corrected chi connectivity index (χ4v) is 1.89. The van der Waals surface area contributed by atoms with Crippen molar-refractivity contribution in [2.24, 2.45) is 5.84 Å². The number of hydrogen-bond acceptors (Lipinski definition) is 6. The van der Waals surface area contributed by atoms with Gasteiger partial charge in [0.2, 0.25) is 5.91 Å². The number of aromatic nitrogens is 2. The summed E-state index contributed by atoms with van der Waals surface area (Å²) < 4.78 is 0. The fraction of sp³-hybridized carbons (Fsp3) is 0.615. The molecule has 0 aliphatic heterocycles. The van der Waals surface area contributed by atoms with E-state index in [4.69, 9.17) is 5.84 Å². The Hall–Kier alpha value is -1.89. The Balaban J connectivity index is 2.04. The monoisotopic (exact) mass is 278 g/mol. The lowest BCUT2D eigenvalue weighted by atomic mass is 10.3. The molecule has 1 fully saturated rings. The third kappa shape index (κ3) is 4.06. The summed E-state index contributed by atoms with van der Waals surface area (Å²) in [5.74, 6) is 7.43. The summed E-state index contributed by atoms with van der Waals surface area (Å²) in [4.78, 5) is 22.4. The smallest absolute Gasteiger partial charge is 0.239 e. The second-order valence-electron chi connectivity index (χ2n) is 5.12. The molecule has 1 saturated carbocycles. The van der Waals surface area contributed by atoms with Crippen molar-refractivity contribution < 1.29 is 4.79 Å². The number of nitrogens with one attached hydrogen (secondary N) is 2. The van der Waals surface area contributed by atoms with Crippen LogP contribution < -0.4 is 21.5 Å². The second-order valence-corrected chi connectivity index (χ2v) is 5.12.